The van der Waals surface area contributed by atoms with E-state index < -0.39 is 62.6 Å². The molecule has 0 aromatic heterocycles. The Morgan fingerprint density at radius 1 is 0.684 bits per heavy atom. The van der Waals surface area contributed by atoms with E-state index in [4.69, 9.17) is 25.9 Å². The summed E-state index contributed by atoms with van der Waals surface area (Å²) in [5.74, 6) is 0. The Hall–Kier alpha value is -1.58. The molecule has 3 aliphatic rings. The number of halogens is 6. The summed E-state index contributed by atoms with van der Waals surface area (Å²) in [7, 11) is -13.7. The first kappa shape index (κ1) is 31.0. The molecule has 2 aromatic rings. The van der Waals surface area contributed by atoms with Crippen LogP contribution in [0.4, 0.5) is 26.3 Å². The van der Waals surface area contributed by atoms with Gasteiger partial charge in [0.1, 0.15) is 0 Å². The second-order valence-electron chi connectivity index (χ2n) is 8.91. The van der Waals surface area contributed by atoms with Crippen LogP contribution in [0, 0.1) is 0 Å². The van der Waals surface area contributed by atoms with Crippen LogP contribution in [0.2, 0.25) is 13.1 Å². The molecule has 204 valence electrons. The van der Waals surface area contributed by atoms with E-state index in [0.29, 0.717) is 0 Å². The molecule has 1 heterocycles. The molecule has 0 saturated carbocycles. The van der Waals surface area contributed by atoms with Crippen molar-refractivity contribution in [3.8, 4) is 0 Å². The van der Waals surface area contributed by atoms with E-state index in [9.17, 15) is 26.3 Å². The van der Waals surface area contributed by atoms with Crippen LogP contribution in [0.1, 0.15) is 29.5 Å². The Bertz CT molecular complexity index is 1400. The molecule has 0 bridgehead atoms. The van der Waals surface area contributed by atoms with Crippen LogP contribution in [0.25, 0.3) is 12.2 Å². The normalized spacial score (nSPS) is 20.8. The van der Waals surface area contributed by atoms with E-state index in [-0.39, 0.29) is 0 Å². The Morgan fingerprint density at radius 3 is 1.26 bits per heavy atom. The smallest absolute Gasteiger partial charge is 0.485 e. The average molecular weight is 676 g/mol. The molecule has 1 saturated heterocycles. The Kier molecular flexibility index (Phi) is 8.50. The quantitative estimate of drug-likeness (QED) is 0.163. The van der Waals surface area contributed by atoms with Crippen molar-refractivity contribution >= 4 is 40.5 Å². The first-order chi connectivity index (χ1) is 17.2. The molecule has 5 rings (SSSR count). The fourth-order valence-electron chi connectivity index (χ4n) is 4.42. The number of hydrogen-bond donors (Lipinski definition) is 0. The van der Waals surface area contributed by atoms with Gasteiger partial charge in [-0.1, -0.05) is 0 Å². The van der Waals surface area contributed by atoms with Gasteiger partial charge in [-0.25, -0.2) is 16.8 Å². The topological polar surface area (TPSA) is 114 Å². The van der Waals surface area contributed by atoms with Gasteiger partial charge >= 0.3 is 156 Å². The maximum atomic E-state index is 10.7. The summed E-state index contributed by atoms with van der Waals surface area (Å²) in [5, 5.41) is 3.66. The van der Waals surface area contributed by atoms with Crippen LogP contribution in [-0.4, -0.2) is 45.0 Å². The standard InChI is InChI=1S/C20H18Si.2CHF3O3S.Zr/c1-21(2,19-11-15-7-3-4-8-16(15)12-19)20-13-17-9-5-6-10-18(17)14-20;2*2-1(3,4)8(5,6)7;/h3-14H,1-2H3;2*(H,5,6,7);/q;;;+2/p-2. The van der Waals surface area contributed by atoms with Crippen molar-refractivity contribution in [2.45, 2.75) is 31.4 Å². The van der Waals surface area contributed by atoms with Gasteiger partial charge in [-0.05, 0) is 0 Å². The third-order valence-electron chi connectivity index (χ3n) is 6.20. The summed E-state index contributed by atoms with van der Waals surface area (Å²) in [6.45, 7) is 5.17. The SMILES string of the molecule is C[Si]1(C)C2=Cc3ccccc3[CH]2[Zr+2][CH]2C1=Cc1ccccc12.O=S(=O)([O-])C(F)(F)F.O=S(=O)([O-])C(F)(F)F. The second kappa shape index (κ2) is 10.4. The fourth-order valence-corrected chi connectivity index (χ4v) is 18.1. The van der Waals surface area contributed by atoms with E-state index >= 15 is 0 Å². The van der Waals surface area contributed by atoms with Gasteiger partial charge in [0, 0.05) is 0 Å². The van der Waals surface area contributed by atoms with Crippen molar-refractivity contribution in [3.63, 3.8) is 0 Å². The fraction of sp³-hybridized carbons (Fsp3) is 0.273. The van der Waals surface area contributed by atoms with Gasteiger partial charge in [0.05, 0.1) is 0 Å². The van der Waals surface area contributed by atoms with Crippen molar-refractivity contribution in [2.24, 2.45) is 0 Å². The molecular formula is C22H18F6O6S2SiZr. The first-order valence-corrected chi connectivity index (χ1v) is 19.2. The molecule has 16 heteroatoms. The molecule has 0 radical (unpaired) electrons. The van der Waals surface area contributed by atoms with E-state index in [2.05, 4.69) is 73.8 Å². The van der Waals surface area contributed by atoms with Crippen molar-refractivity contribution in [1.82, 2.24) is 0 Å². The molecule has 2 atom stereocenters. The van der Waals surface area contributed by atoms with Crippen LogP contribution in [-0.2, 0) is 43.5 Å². The van der Waals surface area contributed by atoms with Crippen molar-refractivity contribution in [1.29, 1.82) is 0 Å². The molecule has 6 nitrogen and oxygen atoms in total. The number of allylic oxidation sites excluding steroid dienone is 2. The van der Waals surface area contributed by atoms with Crippen LogP contribution >= 0.6 is 0 Å². The number of benzene rings is 2. The van der Waals surface area contributed by atoms with E-state index in [1.807, 2.05) is 10.4 Å². The average Bonchev–Trinajstić information content (AvgIpc) is 3.32. The molecule has 0 amide bonds. The summed E-state index contributed by atoms with van der Waals surface area (Å²) >= 11 is -0.555. The Morgan fingerprint density at radius 2 is 0.974 bits per heavy atom. The summed E-state index contributed by atoms with van der Waals surface area (Å²) < 4.78 is 119. The van der Waals surface area contributed by atoms with Gasteiger partial charge in [-0.3, -0.25) is 0 Å². The van der Waals surface area contributed by atoms with Crippen LogP contribution in [0.15, 0.2) is 58.9 Å². The second-order valence-corrected chi connectivity index (χ2v) is 19.7. The van der Waals surface area contributed by atoms with E-state index in [1.54, 1.807) is 11.1 Å². The zero-order valence-electron chi connectivity index (χ0n) is 19.5. The zero-order chi connectivity index (χ0) is 28.9. The maximum absolute atomic E-state index is 10.7. The maximum Gasteiger partial charge on any atom is 0.485 e. The number of hydrogen-bond acceptors (Lipinski definition) is 6. The van der Waals surface area contributed by atoms with Gasteiger partial charge in [-0.2, -0.15) is 26.3 Å². The van der Waals surface area contributed by atoms with E-state index in [0.717, 1.165) is 7.25 Å². The Labute approximate surface area is 227 Å². The first-order valence-electron chi connectivity index (χ1n) is 10.6. The minimum atomic E-state index is -6.09. The van der Waals surface area contributed by atoms with Gasteiger partial charge in [-0.15, -0.1) is 0 Å². The molecule has 0 N–H and O–H groups in total. The predicted molar refractivity (Wildman–Crippen MR) is 123 cm³/mol. The number of fused-ring (bicyclic) bond motifs is 6. The Balaban J connectivity index is 0.000000209. The van der Waals surface area contributed by atoms with Gasteiger partial charge in [0.2, 0.25) is 0 Å². The molecule has 2 aliphatic carbocycles. The largest absolute Gasteiger partial charge is 0.741 e. The summed E-state index contributed by atoms with van der Waals surface area (Å²) in [4.78, 5) is 0. The van der Waals surface area contributed by atoms with Gasteiger partial charge in [0.15, 0.2) is 20.2 Å². The molecule has 38 heavy (non-hydrogen) atoms. The van der Waals surface area contributed by atoms with Crippen LogP contribution < -0.4 is 0 Å². The van der Waals surface area contributed by atoms with Gasteiger partial charge in [0.25, 0.3) is 0 Å². The predicted octanol–water partition coefficient (Wildman–Crippen LogP) is 5.25. The molecule has 1 aliphatic heterocycles. The summed E-state index contributed by atoms with van der Waals surface area (Å²) in [6, 6.07) is 18.3. The minimum absolute atomic E-state index is 0.555. The monoisotopic (exact) mass is 674 g/mol. The third kappa shape index (κ3) is 6.25. The number of rotatable bonds is 0. The van der Waals surface area contributed by atoms with Crippen molar-refractivity contribution in [2.75, 3.05) is 0 Å². The van der Waals surface area contributed by atoms with Crippen LogP contribution in [0.5, 0.6) is 0 Å². The third-order valence-corrected chi connectivity index (χ3v) is 17.2. The molecule has 2 unspecified atom stereocenters. The number of alkyl halides is 6. The zero-order valence-corrected chi connectivity index (χ0v) is 24.6. The molecule has 1 fully saturated rings. The van der Waals surface area contributed by atoms with Crippen molar-refractivity contribution < 1.29 is 75.5 Å². The summed E-state index contributed by atoms with van der Waals surface area (Å²) in [5.41, 5.74) is -4.98. The van der Waals surface area contributed by atoms with Crippen molar-refractivity contribution in [3.05, 3.63) is 81.2 Å². The molecule has 0 spiro atoms. The molecule has 2 aromatic carbocycles. The molecular weight excluding hydrogens is 658 g/mol. The minimum Gasteiger partial charge on any atom is -0.741 e. The summed E-state index contributed by atoms with van der Waals surface area (Å²) in [6.07, 6.45) is 5.13. The van der Waals surface area contributed by atoms with Gasteiger partial charge < -0.3 is 9.11 Å². The van der Waals surface area contributed by atoms with E-state index in [1.165, 1.54) is 11.1 Å². The van der Waals surface area contributed by atoms with Crippen LogP contribution in [0.3, 0.4) is 0 Å².